The summed E-state index contributed by atoms with van der Waals surface area (Å²) < 4.78 is 15.3. The molecule has 1 aromatic rings. The smallest absolute Gasteiger partial charge is 0.231 e. The summed E-state index contributed by atoms with van der Waals surface area (Å²) in [6.45, 7) is 2.85. The van der Waals surface area contributed by atoms with Crippen LogP contribution in [0, 0.1) is 18.4 Å². The van der Waals surface area contributed by atoms with E-state index in [0.29, 0.717) is 6.79 Å². The van der Waals surface area contributed by atoms with Crippen molar-refractivity contribution in [1.29, 1.82) is 0 Å². The Balaban J connectivity index is 1.56. The van der Waals surface area contributed by atoms with Crippen LogP contribution < -0.4 is 9.47 Å². The van der Waals surface area contributed by atoms with Crippen LogP contribution in [0.4, 0.5) is 0 Å². The third-order valence-electron chi connectivity index (χ3n) is 3.20. The van der Waals surface area contributed by atoms with Gasteiger partial charge in [0.05, 0.1) is 0 Å². The van der Waals surface area contributed by atoms with Gasteiger partial charge in [0.2, 0.25) is 13.4 Å². The molecule has 0 N–H and O–H groups in total. The Hall–Kier alpha value is -1.66. The van der Waals surface area contributed by atoms with Crippen LogP contribution in [0.5, 0.6) is 11.5 Å². The van der Waals surface area contributed by atoms with Gasteiger partial charge in [-0.25, -0.2) is 0 Å². The fourth-order valence-electron chi connectivity index (χ4n) is 2.14. The molecule has 0 aliphatic carbocycles. The third-order valence-corrected chi connectivity index (χ3v) is 3.20. The van der Waals surface area contributed by atoms with Gasteiger partial charge in [-0.3, -0.25) is 0 Å². The fourth-order valence-corrected chi connectivity index (χ4v) is 2.14. The minimum atomic E-state index is 0.345. The monoisotopic (exact) mass is 272 g/mol. The van der Waals surface area contributed by atoms with Gasteiger partial charge in [0, 0.05) is 13.5 Å². The summed E-state index contributed by atoms with van der Waals surface area (Å²) in [5.74, 6) is 7.47. The predicted molar refractivity (Wildman–Crippen MR) is 77.4 cm³/mol. The first-order chi connectivity index (χ1) is 9.90. The number of unbranched alkanes of at least 4 members (excludes halogenated alkanes) is 4. The van der Waals surface area contributed by atoms with Crippen LogP contribution in [0.25, 0.3) is 0 Å². The third kappa shape index (κ3) is 4.79. The zero-order valence-electron chi connectivity index (χ0n) is 11.9. The van der Waals surface area contributed by atoms with Gasteiger partial charge in [-0.15, -0.1) is 0 Å². The Bertz CT molecular complexity index is 471. The summed E-state index contributed by atoms with van der Waals surface area (Å²) in [7, 11) is 1.56. The van der Waals surface area contributed by atoms with Crippen LogP contribution >= 0.6 is 0 Å². The molecule has 0 atom stereocenters. The van der Waals surface area contributed by atoms with Gasteiger partial charge in [-0.1, -0.05) is 30.7 Å². The van der Waals surface area contributed by atoms with E-state index in [1.165, 1.54) is 24.8 Å². The minimum absolute atomic E-state index is 0.345. The number of hydrogen-bond acceptors (Lipinski definition) is 3. The lowest BCUT2D eigenvalue weighted by Gasteiger charge is -2.03. The van der Waals surface area contributed by atoms with E-state index < -0.39 is 0 Å². The van der Waals surface area contributed by atoms with Crippen molar-refractivity contribution in [2.24, 2.45) is 0 Å². The molecule has 0 spiro atoms. The predicted octanol–water partition coefficient (Wildman–Crippen LogP) is 3.60. The SMILES string of the molecule is CO[C]C#CCCCCCCc1ccc2c(c1)OCO2. The molecule has 0 unspecified atom stereocenters. The summed E-state index contributed by atoms with van der Waals surface area (Å²) in [5.41, 5.74) is 1.32. The Kier molecular flexibility index (Phi) is 6.26. The number of methoxy groups -OCH3 is 1. The van der Waals surface area contributed by atoms with Crippen molar-refractivity contribution in [3.63, 3.8) is 0 Å². The molecule has 1 aliphatic heterocycles. The van der Waals surface area contributed by atoms with E-state index in [1.54, 1.807) is 7.11 Å². The summed E-state index contributed by atoms with van der Waals surface area (Å²) in [6.07, 6.45) is 6.79. The van der Waals surface area contributed by atoms with Crippen LogP contribution in [0.3, 0.4) is 0 Å². The molecule has 20 heavy (non-hydrogen) atoms. The molecule has 1 heterocycles. The average Bonchev–Trinajstić information content (AvgIpc) is 2.93. The number of fused-ring (bicyclic) bond motifs is 1. The molecule has 0 saturated heterocycles. The molecule has 1 aromatic carbocycles. The lowest BCUT2D eigenvalue weighted by atomic mass is 10.0. The lowest BCUT2D eigenvalue weighted by Crippen LogP contribution is -1.93. The molecular weight excluding hydrogens is 252 g/mol. The molecule has 106 valence electrons. The Morgan fingerprint density at radius 3 is 2.85 bits per heavy atom. The summed E-state index contributed by atoms with van der Waals surface area (Å²) >= 11 is 0. The fraction of sp³-hybridized carbons (Fsp3) is 0.471. The molecule has 0 amide bonds. The summed E-state index contributed by atoms with van der Waals surface area (Å²) in [4.78, 5) is 0. The summed E-state index contributed by atoms with van der Waals surface area (Å²) in [6, 6.07) is 6.20. The van der Waals surface area contributed by atoms with Crippen molar-refractivity contribution in [3.05, 3.63) is 30.4 Å². The second-order valence-electron chi connectivity index (χ2n) is 4.71. The Labute approximate surface area is 121 Å². The van der Waals surface area contributed by atoms with Crippen molar-refractivity contribution in [2.75, 3.05) is 13.9 Å². The number of rotatable bonds is 7. The molecule has 1 aliphatic rings. The van der Waals surface area contributed by atoms with Gasteiger partial charge in [0.1, 0.15) is 0 Å². The van der Waals surface area contributed by atoms with Gasteiger partial charge in [0.15, 0.2) is 11.5 Å². The molecule has 2 rings (SSSR count). The van der Waals surface area contributed by atoms with Gasteiger partial charge >= 0.3 is 0 Å². The van der Waals surface area contributed by atoms with E-state index in [4.69, 9.17) is 9.47 Å². The Morgan fingerprint density at radius 1 is 1.10 bits per heavy atom. The van der Waals surface area contributed by atoms with Crippen LogP contribution in [0.2, 0.25) is 0 Å². The van der Waals surface area contributed by atoms with Crippen LogP contribution in [0.15, 0.2) is 18.2 Å². The number of aryl methyl sites for hydroxylation is 1. The minimum Gasteiger partial charge on any atom is -0.454 e. The van der Waals surface area contributed by atoms with E-state index >= 15 is 0 Å². The zero-order valence-corrected chi connectivity index (χ0v) is 11.9. The van der Waals surface area contributed by atoms with Crippen molar-refractivity contribution < 1.29 is 14.2 Å². The van der Waals surface area contributed by atoms with Gasteiger partial charge in [-0.2, -0.15) is 0 Å². The highest BCUT2D eigenvalue weighted by Crippen LogP contribution is 2.32. The quantitative estimate of drug-likeness (QED) is 0.560. The normalized spacial score (nSPS) is 12.1. The summed E-state index contributed by atoms with van der Waals surface area (Å²) in [5, 5.41) is 0. The van der Waals surface area contributed by atoms with Crippen molar-refractivity contribution in [3.8, 4) is 23.3 Å². The van der Waals surface area contributed by atoms with Crippen molar-refractivity contribution in [2.45, 2.75) is 38.5 Å². The molecule has 0 fully saturated rings. The van der Waals surface area contributed by atoms with Crippen LogP contribution in [-0.2, 0) is 11.2 Å². The second-order valence-corrected chi connectivity index (χ2v) is 4.71. The molecule has 3 heteroatoms. The van der Waals surface area contributed by atoms with Gasteiger partial charge in [-0.05, 0) is 37.0 Å². The van der Waals surface area contributed by atoms with E-state index in [2.05, 4.69) is 35.3 Å². The Morgan fingerprint density at radius 2 is 1.95 bits per heavy atom. The standard InChI is InChI=1S/C17H20O3/c1-18-12-8-6-4-2-3-5-7-9-15-10-11-16-17(13-15)20-14-19-16/h10-11,13H,2-5,7,9,14H2,1H3. The van der Waals surface area contributed by atoms with Crippen LogP contribution in [0.1, 0.15) is 37.7 Å². The molecule has 0 aromatic heterocycles. The maximum Gasteiger partial charge on any atom is 0.231 e. The van der Waals surface area contributed by atoms with Crippen LogP contribution in [-0.4, -0.2) is 13.9 Å². The zero-order chi connectivity index (χ0) is 14.0. The van der Waals surface area contributed by atoms with E-state index in [9.17, 15) is 0 Å². The number of benzene rings is 1. The molecule has 0 saturated carbocycles. The largest absolute Gasteiger partial charge is 0.454 e. The van der Waals surface area contributed by atoms with E-state index in [0.717, 1.165) is 30.8 Å². The molecule has 3 nitrogen and oxygen atoms in total. The second kappa shape index (κ2) is 8.50. The number of ether oxygens (including phenoxy) is 3. The first kappa shape index (κ1) is 14.7. The van der Waals surface area contributed by atoms with Gasteiger partial charge in [0.25, 0.3) is 0 Å². The van der Waals surface area contributed by atoms with Gasteiger partial charge < -0.3 is 14.2 Å². The molecule has 0 bridgehead atoms. The van der Waals surface area contributed by atoms with Crippen molar-refractivity contribution in [1.82, 2.24) is 0 Å². The maximum atomic E-state index is 5.38. The lowest BCUT2D eigenvalue weighted by molar-refractivity contribution is 0.174. The first-order valence-corrected chi connectivity index (χ1v) is 7.04. The molecule has 2 radical (unpaired) electrons. The highest BCUT2D eigenvalue weighted by Gasteiger charge is 2.12. The topological polar surface area (TPSA) is 27.7 Å². The number of hydrogen-bond donors (Lipinski definition) is 0. The molecular formula is C17H20O3. The average molecular weight is 272 g/mol. The van der Waals surface area contributed by atoms with Crippen molar-refractivity contribution >= 4 is 0 Å². The maximum absolute atomic E-state index is 5.38. The highest BCUT2D eigenvalue weighted by molar-refractivity contribution is 5.44. The highest BCUT2D eigenvalue weighted by atomic mass is 16.7. The first-order valence-electron chi connectivity index (χ1n) is 7.04. The van der Waals surface area contributed by atoms with E-state index in [1.807, 2.05) is 6.07 Å². The van der Waals surface area contributed by atoms with E-state index in [-0.39, 0.29) is 0 Å².